The summed E-state index contributed by atoms with van der Waals surface area (Å²) in [4.78, 5) is 11.7. The number of hydrogen-bond acceptors (Lipinski definition) is 5. The maximum Gasteiger partial charge on any atom is 0.407 e. The van der Waals surface area contributed by atoms with E-state index in [0.717, 1.165) is 25.0 Å². The first kappa shape index (κ1) is 18.4. The monoisotopic (exact) mass is 311 g/mol. The third-order valence-electron chi connectivity index (χ3n) is 3.02. The average molecular weight is 311 g/mol. The molecule has 1 heterocycles. The molecule has 0 radical (unpaired) electrons. The summed E-state index contributed by atoms with van der Waals surface area (Å²) in [5.74, 6) is 0. The first-order chi connectivity index (χ1) is 10.3. The van der Waals surface area contributed by atoms with Crippen LogP contribution in [0.2, 0.25) is 0 Å². The zero-order valence-corrected chi connectivity index (χ0v) is 14.3. The van der Waals surface area contributed by atoms with E-state index in [4.69, 9.17) is 4.74 Å². The topological polar surface area (TPSA) is 81.1 Å². The highest BCUT2D eigenvalue weighted by Crippen LogP contribution is 2.07. The molecule has 0 bridgehead atoms. The molecule has 1 rings (SSSR count). The lowest BCUT2D eigenvalue weighted by Gasteiger charge is -2.22. The molecule has 0 aromatic carbocycles. The number of ether oxygens (including phenoxy) is 1. The Balaban J connectivity index is 2.41. The molecule has 1 aromatic heterocycles. The van der Waals surface area contributed by atoms with E-state index in [0.29, 0.717) is 13.1 Å². The average Bonchev–Trinajstić information content (AvgIpc) is 2.81. The van der Waals surface area contributed by atoms with Crippen molar-refractivity contribution >= 4 is 6.09 Å². The second-order valence-corrected chi connectivity index (χ2v) is 6.49. The zero-order valence-electron chi connectivity index (χ0n) is 14.3. The maximum atomic E-state index is 11.7. The molecule has 1 unspecified atom stereocenters. The predicted octanol–water partition coefficient (Wildman–Crippen LogP) is 1.99. The maximum absolute atomic E-state index is 11.7. The molecule has 1 aromatic rings. The van der Waals surface area contributed by atoms with Crippen LogP contribution >= 0.6 is 0 Å². The fraction of sp³-hybridized carbons (Fsp3) is 0.800. The highest BCUT2D eigenvalue weighted by molar-refractivity contribution is 5.67. The molecule has 0 aliphatic rings. The Hall–Kier alpha value is -1.63. The van der Waals surface area contributed by atoms with Gasteiger partial charge >= 0.3 is 6.09 Å². The molecule has 0 aliphatic heterocycles. The summed E-state index contributed by atoms with van der Waals surface area (Å²) in [5, 5.41) is 14.2. The lowest BCUT2D eigenvalue weighted by atomic mass is 10.1. The number of amides is 1. The van der Waals surface area contributed by atoms with Crippen molar-refractivity contribution in [1.29, 1.82) is 0 Å². The third kappa shape index (κ3) is 7.97. The van der Waals surface area contributed by atoms with Crippen molar-refractivity contribution in [3.05, 3.63) is 11.9 Å². The smallest absolute Gasteiger partial charge is 0.407 e. The minimum atomic E-state index is -0.476. The zero-order chi connectivity index (χ0) is 16.6. The van der Waals surface area contributed by atoms with Gasteiger partial charge in [-0.05, 0) is 27.2 Å². The van der Waals surface area contributed by atoms with E-state index < -0.39 is 5.60 Å². The molecule has 0 saturated heterocycles. The van der Waals surface area contributed by atoms with Crippen molar-refractivity contribution in [1.82, 2.24) is 25.6 Å². The Morgan fingerprint density at radius 3 is 2.73 bits per heavy atom. The molecule has 126 valence electrons. The molecular formula is C15H29N5O2. The number of carbonyl (C=O) groups excluding carboxylic acids is 1. The Kier molecular flexibility index (Phi) is 7.31. The van der Waals surface area contributed by atoms with Crippen LogP contribution in [0.5, 0.6) is 0 Å². The van der Waals surface area contributed by atoms with Crippen molar-refractivity contribution in [2.24, 2.45) is 7.05 Å². The van der Waals surface area contributed by atoms with Crippen molar-refractivity contribution in [3.8, 4) is 0 Å². The van der Waals surface area contributed by atoms with Crippen LogP contribution in [0, 0.1) is 0 Å². The van der Waals surface area contributed by atoms with E-state index >= 15 is 0 Å². The second kappa shape index (κ2) is 8.73. The summed E-state index contributed by atoms with van der Waals surface area (Å²) in [5.41, 5.74) is 0.414. The van der Waals surface area contributed by atoms with Gasteiger partial charge in [-0.1, -0.05) is 25.0 Å². The fourth-order valence-electron chi connectivity index (χ4n) is 1.97. The van der Waals surface area contributed by atoms with Gasteiger partial charge in [-0.25, -0.2) is 4.79 Å². The number of nitrogens with one attached hydrogen (secondary N) is 2. The summed E-state index contributed by atoms with van der Waals surface area (Å²) in [7, 11) is 1.84. The summed E-state index contributed by atoms with van der Waals surface area (Å²) < 4.78 is 6.93. The van der Waals surface area contributed by atoms with Gasteiger partial charge < -0.3 is 15.4 Å². The SMILES string of the molecule is CCCCC(CNC(=O)OC(C)(C)C)NCc1cn(C)nn1. The Bertz CT molecular complexity index is 453. The predicted molar refractivity (Wildman–Crippen MR) is 85.4 cm³/mol. The van der Waals surface area contributed by atoms with Crippen molar-refractivity contribution in [3.63, 3.8) is 0 Å². The van der Waals surface area contributed by atoms with Gasteiger partial charge in [-0.2, -0.15) is 0 Å². The van der Waals surface area contributed by atoms with Crippen LogP contribution < -0.4 is 10.6 Å². The van der Waals surface area contributed by atoms with Crippen molar-refractivity contribution < 1.29 is 9.53 Å². The van der Waals surface area contributed by atoms with Gasteiger partial charge in [0.25, 0.3) is 0 Å². The standard InChI is InChI=1S/C15H29N5O2/c1-6-7-8-12(9-17-14(21)22-15(2,3)4)16-10-13-11-20(5)19-18-13/h11-12,16H,6-10H2,1-5H3,(H,17,21). The number of nitrogens with zero attached hydrogens (tertiary/aromatic N) is 3. The normalized spacial score (nSPS) is 13.0. The third-order valence-corrected chi connectivity index (χ3v) is 3.02. The molecular weight excluding hydrogens is 282 g/mol. The van der Waals surface area contributed by atoms with Gasteiger partial charge in [0.2, 0.25) is 0 Å². The molecule has 0 aliphatic carbocycles. The van der Waals surface area contributed by atoms with Crippen LogP contribution in [0.4, 0.5) is 4.79 Å². The quantitative estimate of drug-likeness (QED) is 0.767. The Labute approximate surface area is 132 Å². The number of alkyl carbamates (subject to hydrolysis) is 1. The van der Waals surface area contributed by atoms with Crippen LogP contribution in [-0.4, -0.2) is 39.3 Å². The number of unbranched alkanes of at least 4 members (excludes halogenated alkanes) is 1. The van der Waals surface area contributed by atoms with Gasteiger partial charge in [-0.15, -0.1) is 5.10 Å². The molecule has 0 fully saturated rings. The van der Waals surface area contributed by atoms with E-state index in [1.165, 1.54) is 0 Å². The highest BCUT2D eigenvalue weighted by atomic mass is 16.6. The second-order valence-electron chi connectivity index (χ2n) is 6.49. The lowest BCUT2D eigenvalue weighted by molar-refractivity contribution is 0.0521. The van der Waals surface area contributed by atoms with E-state index in [2.05, 4.69) is 27.9 Å². The van der Waals surface area contributed by atoms with Gasteiger partial charge in [0, 0.05) is 32.4 Å². The molecule has 7 nitrogen and oxygen atoms in total. The van der Waals surface area contributed by atoms with Gasteiger partial charge in [0.15, 0.2) is 0 Å². The Morgan fingerprint density at radius 2 is 2.18 bits per heavy atom. The Morgan fingerprint density at radius 1 is 1.45 bits per heavy atom. The number of carbonyl (C=O) groups is 1. The molecule has 0 spiro atoms. The minimum absolute atomic E-state index is 0.189. The van der Waals surface area contributed by atoms with E-state index in [-0.39, 0.29) is 12.1 Å². The van der Waals surface area contributed by atoms with Gasteiger partial charge in [-0.3, -0.25) is 4.68 Å². The number of aromatic nitrogens is 3. The van der Waals surface area contributed by atoms with Crippen LogP contribution in [0.1, 0.15) is 52.7 Å². The lowest BCUT2D eigenvalue weighted by Crippen LogP contribution is -2.42. The molecule has 0 saturated carbocycles. The first-order valence-electron chi connectivity index (χ1n) is 7.85. The van der Waals surface area contributed by atoms with Crippen LogP contribution in [-0.2, 0) is 18.3 Å². The molecule has 22 heavy (non-hydrogen) atoms. The summed E-state index contributed by atoms with van der Waals surface area (Å²) in [6.07, 6.45) is 4.72. The van der Waals surface area contributed by atoms with Gasteiger partial charge in [0.1, 0.15) is 5.60 Å². The fourth-order valence-corrected chi connectivity index (χ4v) is 1.97. The summed E-state index contributed by atoms with van der Waals surface area (Å²) in [6.45, 7) is 8.89. The summed E-state index contributed by atoms with van der Waals surface area (Å²) >= 11 is 0. The molecule has 7 heteroatoms. The number of aryl methyl sites for hydroxylation is 1. The minimum Gasteiger partial charge on any atom is -0.444 e. The van der Waals surface area contributed by atoms with Gasteiger partial charge in [0.05, 0.1) is 5.69 Å². The largest absolute Gasteiger partial charge is 0.444 e. The van der Waals surface area contributed by atoms with E-state index in [9.17, 15) is 4.79 Å². The van der Waals surface area contributed by atoms with Crippen LogP contribution in [0.25, 0.3) is 0 Å². The van der Waals surface area contributed by atoms with E-state index in [1.54, 1.807) is 4.68 Å². The molecule has 1 atom stereocenters. The highest BCUT2D eigenvalue weighted by Gasteiger charge is 2.17. The molecule has 2 N–H and O–H groups in total. The summed E-state index contributed by atoms with van der Waals surface area (Å²) in [6, 6.07) is 0.189. The molecule has 1 amide bonds. The van der Waals surface area contributed by atoms with Crippen LogP contribution in [0.3, 0.4) is 0 Å². The number of rotatable bonds is 8. The van der Waals surface area contributed by atoms with Crippen molar-refractivity contribution in [2.45, 2.75) is 65.1 Å². The van der Waals surface area contributed by atoms with Crippen molar-refractivity contribution in [2.75, 3.05) is 6.54 Å². The van der Waals surface area contributed by atoms with E-state index in [1.807, 2.05) is 34.0 Å². The van der Waals surface area contributed by atoms with Crippen LogP contribution in [0.15, 0.2) is 6.20 Å². The number of hydrogen-bond donors (Lipinski definition) is 2. The first-order valence-corrected chi connectivity index (χ1v) is 7.85.